The molecule has 1 N–H and O–H groups in total. The summed E-state index contributed by atoms with van der Waals surface area (Å²) >= 11 is 0. The van der Waals surface area contributed by atoms with Gasteiger partial charge in [0.25, 0.3) is 0 Å². The summed E-state index contributed by atoms with van der Waals surface area (Å²) in [4.78, 5) is 12.4. The highest BCUT2D eigenvalue weighted by Gasteiger charge is 2.07. The molecule has 1 amide bonds. The molecule has 0 aliphatic carbocycles. The molecule has 5 nitrogen and oxygen atoms in total. The number of rotatable bonds is 13. The van der Waals surface area contributed by atoms with Gasteiger partial charge in [0.15, 0.2) is 11.5 Å². The summed E-state index contributed by atoms with van der Waals surface area (Å²) in [5, 5.41) is 2.89. The molecule has 162 valence electrons. The molecule has 2 aromatic rings. The molecule has 2 aromatic carbocycles. The smallest absolute Gasteiger partial charge is 0.248 e. The standard InChI is InChI=1S/C25H33NO4/c1-4-7-17-29-22-12-10-9-11-21(22)26-25(27)16-14-20-13-15-23(30-18-8-5-2)24(19-20)28-6-3/h9-16,19H,4-8,17-18H2,1-3H3,(H,26,27)/b16-14+. The van der Waals surface area contributed by atoms with E-state index in [2.05, 4.69) is 19.2 Å². The number of unbranched alkanes of at least 4 members (excludes halogenated alkanes) is 2. The predicted octanol–water partition coefficient (Wildman–Crippen LogP) is 6.10. The summed E-state index contributed by atoms with van der Waals surface area (Å²) in [5.41, 5.74) is 1.53. The van der Waals surface area contributed by atoms with E-state index in [4.69, 9.17) is 14.2 Å². The fourth-order valence-corrected chi connectivity index (χ4v) is 2.71. The zero-order valence-electron chi connectivity index (χ0n) is 18.3. The molecule has 0 fully saturated rings. The van der Waals surface area contributed by atoms with Gasteiger partial charge >= 0.3 is 0 Å². The number of carbonyl (C=O) groups is 1. The van der Waals surface area contributed by atoms with E-state index < -0.39 is 0 Å². The number of nitrogens with one attached hydrogen (secondary N) is 1. The van der Waals surface area contributed by atoms with Crippen molar-refractivity contribution in [1.82, 2.24) is 0 Å². The monoisotopic (exact) mass is 411 g/mol. The lowest BCUT2D eigenvalue weighted by Gasteiger charge is -2.12. The number of hydrogen-bond donors (Lipinski definition) is 1. The van der Waals surface area contributed by atoms with E-state index in [9.17, 15) is 4.79 Å². The SMILES string of the molecule is CCCCOc1ccccc1NC(=O)/C=C/c1ccc(OCCCC)c(OCC)c1. The molecule has 0 heterocycles. The van der Waals surface area contributed by atoms with Crippen LogP contribution < -0.4 is 19.5 Å². The van der Waals surface area contributed by atoms with Crippen LogP contribution >= 0.6 is 0 Å². The topological polar surface area (TPSA) is 56.8 Å². The average molecular weight is 412 g/mol. The molecule has 0 atom stereocenters. The van der Waals surface area contributed by atoms with Gasteiger partial charge in [0.05, 0.1) is 25.5 Å². The second-order valence-electron chi connectivity index (χ2n) is 6.86. The Bertz CT molecular complexity index is 817. The van der Waals surface area contributed by atoms with Crippen LogP contribution in [0.1, 0.15) is 52.0 Å². The van der Waals surface area contributed by atoms with Crippen LogP contribution in [0.2, 0.25) is 0 Å². The van der Waals surface area contributed by atoms with Crippen LogP contribution in [0.4, 0.5) is 5.69 Å². The molecule has 0 aromatic heterocycles. The van der Waals surface area contributed by atoms with Crippen LogP contribution in [0.25, 0.3) is 6.08 Å². The highest BCUT2D eigenvalue weighted by Crippen LogP contribution is 2.29. The predicted molar refractivity (Wildman–Crippen MR) is 123 cm³/mol. The van der Waals surface area contributed by atoms with Crippen LogP contribution in [0, 0.1) is 0 Å². The summed E-state index contributed by atoms with van der Waals surface area (Å²) in [7, 11) is 0. The van der Waals surface area contributed by atoms with E-state index in [1.165, 1.54) is 6.08 Å². The van der Waals surface area contributed by atoms with Gasteiger partial charge < -0.3 is 19.5 Å². The quantitative estimate of drug-likeness (QED) is 0.320. The molecule has 5 heteroatoms. The Balaban J connectivity index is 2.03. The molecule has 0 saturated heterocycles. The van der Waals surface area contributed by atoms with Crippen LogP contribution in [-0.2, 0) is 4.79 Å². The fourth-order valence-electron chi connectivity index (χ4n) is 2.71. The number of hydrogen-bond acceptors (Lipinski definition) is 4. The Morgan fingerprint density at radius 1 is 0.867 bits per heavy atom. The van der Waals surface area contributed by atoms with Gasteiger partial charge in [-0.3, -0.25) is 4.79 Å². The maximum absolute atomic E-state index is 12.4. The third kappa shape index (κ3) is 7.82. The van der Waals surface area contributed by atoms with Gasteiger partial charge in [-0.25, -0.2) is 0 Å². The van der Waals surface area contributed by atoms with Crippen LogP contribution in [0.5, 0.6) is 17.2 Å². The van der Waals surface area contributed by atoms with Crippen molar-refractivity contribution >= 4 is 17.7 Å². The largest absolute Gasteiger partial charge is 0.491 e. The summed E-state index contributed by atoms with van der Waals surface area (Å²) in [6.07, 6.45) is 7.37. The Hall–Kier alpha value is -2.95. The molecule has 0 aliphatic rings. The molecule has 0 radical (unpaired) electrons. The molecule has 0 aliphatic heterocycles. The summed E-state index contributed by atoms with van der Waals surface area (Å²) in [5.74, 6) is 1.87. The summed E-state index contributed by atoms with van der Waals surface area (Å²) in [6.45, 7) is 8.02. The van der Waals surface area contributed by atoms with E-state index in [0.717, 1.165) is 37.0 Å². The Morgan fingerprint density at radius 2 is 1.57 bits per heavy atom. The Morgan fingerprint density at radius 3 is 2.27 bits per heavy atom. The molecule has 30 heavy (non-hydrogen) atoms. The fraction of sp³-hybridized carbons (Fsp3) is 0.400. The summed E-state index contributed by atoms with van der Waals surface area (Å²) in [6, 6.07) is 13.1. The maximum Gasteiger partial charge on any atom is 0.248 e. The lowest BCUT2D eigenvalue weighted by atomic mass is 10.2. The zero-order valence-corrected chi connectivity index (χ0v) is 18.3. The van der Waals surface area contributed by atoms with Crippen molar-refractivity contribution < 1.29 is 19.0 Å². The zero-order chi connectivity index (χ0) is 21.6. The first-order chi connectivity index (χ1) is 14.7. The molecule has 0 spiro atoms. The lowest BCUT2D eigenvalue weighted by molar-refractivity contribution is -0.111. The van der Waals surface area contributed by atoms with Crippen molar-refractivity contribution in [3.05, 3.63) is 54.1 Å². The van der Waals surface area contributed by atoms with Gasteiger partial charge in [0.2, 0.25) is 5.91 Å². The average Bonchev–Trinajstić information content (AvgIpc) is 2.75. The van der Waals surface area contributed by atoms with E-state index in [0.29, 0.717) is 37.0 Å². The molecule has 2 rings (SSSR count). The first-order valence-electron chi connectivity index (χ1n) is 10.8. The van der Waals surface area contributed by atoms with Crippen LogP contribution in [0.15, 0.2) is 48.5 Å². The summed E-state index contributed by atoms with van der Waals surface area (Å²) < 4.78 is 17.3. The highest BCUT2D eigenvalue weighted by atomic mass is 16.5. The molecule has 0 bridgehead atoms. The number of benzene rings is 2. The van der Waals surface area contributed by atoms with Crippen molar-refractivity contribution in [3.63, 3.8) is 0 Å². The van der Waals surface area contributed by atoms with Crippen molar-refractivity contribution in [1.29, 1.82) is 0 Å². The number of anilines is 1. The van der Waals surface area contributed by atoms with Gasteiger partial charge in [0.1, 0.15) is 5.75 Å². The molecular formula is C25H33NO4. The van der Waals surface area contributed by atoms with Crippen LogP contribution in [-0.4, -0.2) is 25.7 Å². The molecule has 0 saturated carbocycles. The minimum atomic E-state index is -0.220. The second-order valence-corrected chi connectivity index (χ2v) is 6.86. The van der Waals surface area contributed by atoms with Crippen molar-refractivity contribution in [2.75, 3.05) is 25.1 Å². The minimum absolute atomic E-state index is 0.220. The van der Waals surface area contributed by atoms with E-state index >= 15 is 0 Å². The maximum atomic E-state index is 12.4. The number of carbonyl (C=O) groups excluding carboxylic acids is 1. The van der Waals surface area contributed by atoms with Gasteiger partial charge in [-0.05, 0) is 55.7 Å². The van der Waals surface area contributed by atoms with Crippen LogP contribution in [0.3, 0.4) is 0 Å². The Kier molecular flexibility index (Phi) is 10.3. The molecular weight excluding hydrogens is 378 g/mol. The lowest BCUT2D eigenvalue weighted by Crippen LogP contribution is -2.09. The number of amides is 1. The first-order valence-corrected chi connectivity index (χ1v) is 10.8. The number of para-hydroxylation sites is 2. The minimum Gasteiger partial charge on any atom is -0.491 e. The second kappa shape index (κ2) is 13.3. The van der Waals surface area contributed by atoms with Gasteiger partial charge in [-0.1, -0.05) is 44.9 Å². The third-order valence-electron chi connectivity index (χ3n) is 4.35. The number of ether oxygens (including phenoxy) is 3. The third-order valence-corrected chi connectivity index (χ3v) is 4.35. The van der Waals surface area contributed by atoms with E-state index in [1.54, 1.807) is 6.08 Å². The highest BCUT2D eigenvalue weighted by molar-refractivity contribution is 6.02. The van der Waals surface area contributed by atoms with Crippen molar-refractivity contribution in [2.45, 2.75) is 46.5 Å². The van der Waals surface area contributed by atoms with E-state index in [1.807, 2.05) is 49.4 Å². The van der Waals surface area contributed by atoms with Crippen molar-refractivity contribution in [3.8, 4) is 17.2 Å². The Labute approximate surface area is 180 Å². The van der Waals surface area contributed by atoms with Gasteiger partial charge in [0, 0.05) is 6.08 Å². The first kappa shape index (κ1) is 23.3. The van der Waals surface area contributed by atoms with Gasteiger partial charge in [-0.2, -0.15) is 0 Å². The van der Waals surface area contributed by atoms with E-state index in [-0.39, 0.29) is 5.91 Å². The van der Waals surface area contributed by atoms with Crippen molar-refractivity contribution in [2.24, 2.45) is 0 Å². The van der Waals surface area contributed by atoms with Gasteiger partial charge in [-0.15, -0.1) is 0 Å². The normalized spacial score (nSPS) is 10.8. The molecule has 0 unspecified atom stereocenters.